The second-order valence-electron chi connectivity index (χ2n) is 4.56. The minimum absolute atomic E-state index is 0.0117. The van der Waals surface area contributed by atoms with Crippen LogP contribution in [0.2, 0.25) is 0 Å². The van der Waals surface area contributed by atoms with E-state index in [2.05, 4.69) is 0 Å². The van der Waals surface area contributed by atoms with E-state index < -0.39 is 11.8 Å². The second kappa shape index (κ2) is 6.75. The monoisotopic (exact) mass is 265 g/mol. The van der Waals surface area contributed by atoms with E-state index in [1.165, 1.54) is 0 Å². The lowest BCUT2D eigenvalue weighted by Crippen LogP contribution is -2.45. The molecule has 0 saturated carbocycles. The van der Waals surface area contributed by atoms with Crippen molar-refractivity contribution in [1.29, 1.82) is 0 Å². The summed E-state index contributed by atoms with van der Waals surface area (Å²) in [6.45, 7) is 1.86. The van der Waals surface area contributed by atoms with Gasteiger partial charge in [-0.15, -0.1) is 0 Å². The van der Waals surface area contributed by atoms with E-state index in [0.29, 0.717) is 6.42 Å². The number of amides is 2. The molecule has 0 aliphatic heterocycles. The summed E-state index contributed by atoms with van der Waals surface area (Å²) in [5.74, 6) is -0.805. The standard InChI is InChI=1S/C13H19N3O3/c1-9(6-10-2-4-11(17)5-3-10)16(7-12(14)18)8-13(15)19/h2-5,9,17H,6-8H2,1H3,(H2,14,18)(H2,15,19). The largest absolute Gasteiger partial charge is 0.508 e. The molecule has 0 radical (unpaired) electrons. The fraction of sp³-hybridized carbons (Fsp3) is 0.385. The Labute approximate surface area is 112 Å². The fourth-order valence-electron chi connectivity index (χ4n) is 1.87. The van der Waals surface area contributed by atoms with Crippen molar-refractivity contribution < 1.29 is 14.7 Å². The van der Waals surface area contributed by atoms with Crippen molar-refractivity contribution in [3.63, 3.8) is 0 Å². The van der Waals surface area contributed by atoms with E-state index in [1.807, 2.05) is 6.92 Å². The maximum atomic E-state index is 11.0. The van der Waals surface area contributed by atoms with Crippen molar-refractivity contribution in [3.8, 4) is 5.75 Å². The van der Waals surface area contributed by atoms with E-state index in [0.717, 1.165) is 5.56 Å². The number of benzene rings is 1. The first-order valence-electron chi connectivity index (χ1n) is 5.97. The van der Waals surface area contributed by atoms with Crippen molar-refractivity contribution in [2.24, 2.45) is 11.5 Å². The Morgan fingerprint density at radius 1 is 1.16 bits per heavy atom. The van der Waals surface area contributed by atoms with Gasteiger partial charge in [0.05, 0.1) is 13.1 Å². The van der Waals surface area contributed by atoms with Gasteiger partial charge < -0.3 is 16.6 Å². The molecule has 1 aromatic rings. The summed E-state index contributed by atoms with van der Waals surface area (Å²) < 4.78 is 0. The Morgan fingerprint density at radius 3 is 2.05 bits per heavy atom. The van der Waals surface area contributed by atoms with Gasteiger partial charge in [-0.05, 0) is 31.0 Å². The average molecular weight is 265 g/mol. The third kappa shape index (κ3) is 5.39. The van der Waals surface area contributed by atoms with Gasteiger partial charge in [0, 0.05) is 6.04 Å². The van der Waals surface area contributed by atoms with Crippen LogP contribution in [0.25, 0.3) is 0 Å². The third-order valence-corrected chi connectivity index (χ3v) is 2.81. The molecule has 0 aliphatic rings. The molecule has 0 aromatic heterocycles. The summed E-state index contributed by atoms with van der Waals surface area (Å²) in [4.78, 5) is 23.6. The van der Waals surface area contributed by atoms with E-state index in [1.54, 1.807) is 29.2 Å². The molecular weight excluding hydrogens is 246 g/mol. The number of phenolic OH excluding ortho intramolecular Hbond substituents is 1. The molecule has 19 heavy (non-hydrogen) atoms. The van der Waals surface area contributed by atoms with Crippen LogP contribution in [0.4, 0.5) is 0 Å². The van der Waals surface area contributed by atoms with E-state index in [-0.39, 0.29) is 24.9 Å². The molecule has 0 fully saturated rings. The van der Waals surface area contributed by atoms with Crippen molar-refractivity contribution >= 4 is 11.8 Å². The number of phenols is 1. The van der Waals surface area contributed by atoms with Gasteiger partial charge in [-0.25, -0.2) is 0 Å². The first-order chi connectivity index (χ1) is 8.88. The van der Waals surface area contributed by atoms with E-state index >= 15 is 0 Å². The number of nitrogens with zero attached hydrogens (tertiary/aromatic N) is 1. The maximum Gasteiger partial charge on any atom is 0.231 e. The topological polar surface area (TPSA) is 110 Å². The van der Waals surface area contributed by atoms with E-state index in [4.69, 9.17) is 11.5 Å². The Hall–Kier alpha value is -2.08. The highest BCUT2D eigenvalue weighted by Gasteiger charge is 2.18. The van der Waals surface area contributed by atoms with Crippen molar-refractivity contribution in [2.75, 3.05) is 13.1 Å². The molecule has 0 bridgehead atoms. The van der Waals surface area contributed by atoms with Crippen LogP contribution in [0.15, 0.2) is 24.3 Å². The van der Waals surface area contributed by atoms with Gasteiger partial charge >= 0.3 is 0 Å². The van der Waals surface area contributed by atoms with Crippen LogP contribution in [0.5, 0.6) is 5.75 Å². The SMILES string of the molecule is CC(Cc1ccc(O)cc1)N(CC(N)=O)CC(N)=O. The molecule has 2 amide bonds. The summed E-state index contributed by atoms with van der Waals surface area (Å²) >= 11 is 0. The zero-order valence-corrected chi connectivity index (χ0v) is 10.9. The first-order valence-corrected chi connectivity index (χ1v) is 5.97. The van der Waals surface area contributed by atoms with Crippen LogP contribution in [-0.4, -0.2) is 41.0 Å². The number of hydrogen-bond acceptors (Lipinski definition) is 4. The average Bonchev–Trinajstić information content (AvgIpc) is 2.30. The molecule has 0 heterocycles. The minimum Gasteiger partial charge on any atom is -0.508 e. The molecule has 6 nitrogen and oxygen atoms in total. The predicted octanol–water partition coefficient (Wildman–Crippen LogP) is -0.404. The number of hydrogen-bond donors (Lipinski definition) is 3. The molecule has 0 spiro atoms. The third-order valence-electron chi connectivity index (χ3n) is 2.81. The summed E-state index contributed by atoms with van der Waals surface area (Å²) in [5, 5.41) is 9.21. The number of aromatic hydroxyl groups is 1. The van der Waals surface area contributed by atoms with Crippen molar-refractivity contribution in [2.45, 2.75) is 19.4 Å². The molecule has 5 N–H and O–H groups in total. The molecular formula is C13H19N3O3. The quantitative estimate of drug-likeness (QED) is 0.622. The molecule has 104 valence electrons. The number of carbonyl (C=O) groups excluding carboxylic acids is 2. The summed E-state index contributed by atoms with van der Waals surface area (Å²) in [7, 11) is 0. The summed E-state index contributed by atoms with van der Waals surface area (Å²) in [6, 6.07) is 6.70. The molecule has 1 unspecified atom stereocenters. The predicted molar refractivity (Wildman–Crippen MR) is 71.2 cm³/mol. The van der Waals surface area contributed by atoms with Gasteiger partial charge in [-0.1, -0.05) is 12.1 Å². The highest BCUT2D eigenvalue weighted by atomic mass is 16.3. The van der Waals surface area contributed by atoms with Gasteiger partial charge in [-0.3, -0.25) is 14.5 Å². The molecule has 1 aromatic carbocycles. The number of carbonyl (C=O) groups is 2. The molecule has 0 aliphatic carbocycles. The van der Waals surface area contributed by atoms with Crippen molar-refractivity contribution in [3.05, 3.63) is 29.8 Å². The minimum atomic E-state index is -0.501. The Kier molecular flexibility index (Phi) is 5.32. The van der Waals surface area contributed by atoms with Gasteiger partial charge in [0.2, 0.25) is 11.8 Å². The second-order valence-corrected chi connectivity index (χ2v) is 4.56. The van der Waals surface area contributed by atoms with Gasteiger partial charge in [0.25, 0.3) is 0 Å². The Bertz CT molecular complexity index is 429. The zero-order chi connectivity index (χ0) is 14.4. The van der Waals surface area contributed by atoms with Gasteiger partial charge in [-0.2, -0.15) is 0 Å². The van der Waals surface area contributed by atoms with Gasteiger partial charge in [0.15, 0.2) is 0 Å². The van der Waals surface area contributed by atoms with Crippen molar-refractivity contribution in [1.82, 2.24) is 4.90 Å². The van der Waals surface area contributed by atoms with Crippen LogP contribution in [0.1, 0.15) is 12.5 Å². The van der Waals surface area contributed by atoms with Gasteiger partial charge in [0.1, 0.15) is 5.75 Å². The normalized spacial score (nSPS) is 12.3. The van der Waals surface area contributed by atoms with Crippen LogP contribution >= 0.6 is 0 Å². The highest BCUT2D eigenvalue weighted by molar-refractivity contribution is 5.79. The smallest absolute Gasteiger partial charge is 0.231 e. The number of primary amides is 2. The lowest BCUT2D eigenvalue weighted by Gasteiger charge is -2.26. The first kappa shape index (κ1) is 15.0. The summed E-state index contributed by atoms with van der Waals surface area (Å²) in [6.07, 6.45) is 0.626. The zero-order valence-electron chi connectivity index (χ0n) is 10.9. The summed E-state index contributed by atoms with van der Waals surface area (Å²) in [5.41, 5.74) is 11.3. The molecule has 1 rings (SSSR count). The van der Waals surface area contributed by atoms with Crippen LogP contribution < -0.4 is 11.5 Å². The van der Waals surface area contributed by atoms with E-state index in [9.17, 15) is 14.7 Å². The fourth-order valence-corrected chi connectivity index (χ4v) is 1.87. The number of rotatable bonds is 7. The lowest BCUT2D eigenvalue weighted by atomic mass is 10.1. The van der Waals surface area contributed by atoms with Crippen LogP contribution in [0.3, 0.4) is 0 Å². The number of nitrogens with two attached hydrogens (primary N) is 2. The Balaban J connectivity index is 2.69. The molecule has 6 heteroatoms. The maximum absolute atomic E-state index is 11.0. The van der Waals surface area contributed by atoms with Crippen LogP contribution in [-0.2, 0) is 16.0 Å². The highest BCUT2D eigenvalue weighted by Crippen LogP contribution is 2.13. The lowest BCUT2D eigenvalue weighted by molar-refractivity contribution is -0.122. The molecule has 0 saturated heterocycles. The molecule has 1 atom stereocenters. The van der Waals surface area contributed by atoms with Crippen LogP contribution in [0, 0.1) is 0 Å². The Morgan fingerprint density at radius 2 is 1.63 bits per heavy atom.